The minimum atomic E-state index is -4.81. The van der Waals surface area contributed by atoms with Crippen LogP contribution in [-0.4, -0.2) is 26.4 Å². The predicted octanol–water partition coefficient (Wildman–Crippen LogP) is 4.29. The lowest BCUT2D eigenvalue weighted by Gasteiger charge is -2.31. The highest BCUT2D eigenvalue weighted by atomic mass is 19.4. The molecular formula is C19H16F3N3O2. The number of benzene rings is 2. The first-order valence-corrected chi connectivity index (χ1v) is 8.02. The maximum absolute atomic E-state index is 12.5. The van der Waals surface area contributed by atoms with Gasteiger partial charge in [0, 0.05) is 37.3 Å². The summed E-state index contributed by atoms with van der Waals surface area (Å²) < 4.78 is 47.1. The van der Waals surface area contributed by atoms with Crippen molar-refractivity contribution in [2.75, 3.05) is 19.0 Å². The van der Waals surface area contributed by atoms with Gasteiger partial charge in [0.05, 0.1) is 6.07 Å². The van der Waals surface area contributed by atoms with E-state index in [9.17, 15) is 18.4 Å². The van der Waals surface area contributed by atoms with Crippen LogP contribution in [0.3, 0.4) is 0 Å². The molecule has 2 atom stereocenters. The van der Waals surface area contributed by atoms with Crippen LogP contribution in [0.4, 0.5) is 18.9 Å². The molecule has 140 valence electrons. The van der Waals surface area contributed by atoms with Crippen LogP contribution in [0.15, 0.2) is 42.5 Å². The summed E-state index contributed by atoms with van der Waals surface area (Å²) in [6, 6.07) is 12.8. The van der Waals surface area contributed by atoms with Gasteiger partial charge in [0.2, 0.25) is 5.90 Å². The minimum absolute atomic E-state index is 0.243. The normalized spacial score (nSPS) is 18.9. The van der Waals surface area contributed by atoms with E-state index in [0.29, 0.717) is 16.9 Å². The summed E-state index contributed by atoms with van der Waals surface area (Å²) in [6.45, 7) is 0. The topological polar surface area (TPSA) is 69.3 Å². The number of ether oxygens (including phenoxy) is 2. The van der Waals surface area contributed by atoms with Crippen LogP contribution in [0.25, 0.3) is 0 Å². The molecule has 1 aliphatic rings. The minimum Gasteiger partial charge on any atom is -0.442 e. The second kappa shape index (κ2) is 6.83. The molecule has 0 amide bonds. The summed E-state index contributed by atoms with van der Waals surface area (Å²) in [7, 11) is 3.70. The van der Waals surface area contributed by atoms with E-state index in [4.69, 9.17) is 10.1 Å². The quantitative estimate of drug-likeness (QED) is 0.869. The molecule has 5 nitrogen and oxygen atoms in total. The zero-order chi connectivity index (χ0) is 19.8. The first-order chi connectivity index (χ1) is 12.7. The van der Waals surface area contributed by atoms with E-state index in [0.717, 1.165) is 5.69 Å². The zero-order valence-corrected chi connectivity index (χ0v) is 14.5. The van der Waals surface area contributed by atoms with Gasteiger partial charge in [0.1, 0.15) is 17.4 Å². The van der Waals surface area contributed by atoms with Crippen LogP contribution in [0.1, 0.15) is 17.0 Å². The van der Waals surface area contributed by atoms with E-state index in [2.05, 4.69) is 4.74 Å². The third-order valence-electron chi connectivity index (χ3n) is 4.27. The highest BCUT2D eigenvalue weighted by Crippen LogP contribution is 2.44. The lowest BCUT2D eigenvalue weighted by molar-refractivity contribution is -0.274. The Hall–Kier alpha value is -3.21. The first kappa shape index (κ1) is 18.6. The van der Waals surface area contributed by atoms with E-state index in [-0.39, 0.29) is 11.6 Å². The smallest absolute Gasteiger partial charge is 0.442 e. The summed E-state index contributed by atoms with van der Waals surface area (Å²) in [5, 5.41) is 17.6. The van der Waals surface area contributed by atoms with Crippen molar-refractivity contribution in [2.45, 2.75) is 12.3 Å². The van der Waals surface area contributed by atoms with Crippen molar-refractivity contribution in [1.82, 2.24) is 0 Å². The SMILES string of the molecule is CN(C)c1ccc2c(c1)OC(=N)C(C#N)C2c1cccc(OC(F)(F)F)c1. The molecular weight excluding hydrogens is 359 g/mol. The second-order valence-electron chi connectivity index (χ2n) is 6.29. The third-order valence-corrected chi connectivity index (χ3v) is 4.27. The number of halogens is 3. The van der Waals surface area contributed by atoms with E-state index in [1.54, 1.807) is 18.2 Å². The number of alkyl halides is 3. The van der Waals surface area contributed by atoms with Crippen molar-refractivity contribution in [3.63, 3.8) is 0 Å². The Morgan fingerprint density at radius 2 is 1.93 bits per heavy atom. The summed E-state index contributed by atoms with van der Waals surface area (Å²) in [6.07, 6.45) is -4.81. The summed E-state index contributed by atoms with van der Waals surface area (Å²) >= 11 is 0. The fourth-order valence-corrected chi connectivity index (χ4v) is 3.07. The van der Waals surface area contributed by atoms with Gasteiger partial charge in [0.15, 0.2) is 0 Å². The molecule has 0 aliphatic carbocycles. The van der Waals surface area contributed by atoms with Crippen LogP contribution in [0, 0.1) is 22.7 Å². The van der Waals surface area contributed by atoms with Gasteiger partial charge in [-0.05, 0) is 23.8 Å². The molecule has 0 fully saturated rings. The lowest BCUT2D eigenvalue weighted by Crippen LogP contribution is -2.31. The van der Waals surface area contributed by atoms with Gasteiger partial charge in [-0.2, -0.15) is 5.26 Å². The maximum Gasteiger partial charge on any atom is 0.573 e. The average molecular weight is 375 g/mol. The Bertz CT molecular complexity index is 919. The van der Waals surface area contributed by atoms with Crippen molar-refractivity contribution in [1.29, 1.82) is 10.7 Å². The summed E-state index contributed by atoms with van der Waals surface area (Å²) in [5.41, 5.74) is 1.91. The van der Waals surface area contributed by atoms with Gasteiger partial charge in [-0.3, -0.25) is 5.41 Å². The van der Waals surface area contributed by atoms with Crippen molar-refractivity contribution < 1.29 is 22.6 Å². The molecule has 1 N–H and O–H groups in total. The van der Waals surface area contributed by atoms with E-state index < -0.39 is 18.2 Å². The van der Waals surface area contributed by atoms with Crippen LogP contribution in [0.2, 0.25) is 0 Å². The Kier molecular flexibility index (Phi) is 4.70. The van der Waals surface area contributed by atoms with Crippen molar-refractivity contribution in [3.05, 3.63) is 53.6 Å². The first-order valence-electron chi connectivity index (χ1n) is 8.02. The molecule has 1 heterocycles. The van der Waals surface area contributed by atoms with Gasteiger partial charge in [-0.15, -0.1) is 13.2 Å². The fraction of sp³-hybridized carbons (Fsp3) is 0.263. The Balaban J connectivity index is 2.10. The van der Waals surface area contributed by atoms with Gasteiger partial charge in [-0.25, -0.2) is 0 Å². The van der Waals surface area contributed by atoms with E-state index in [1.165, 1.54) is 18.2 Å². The molecule has 3 rings (SSSR count). The lowest BCUT2D eigenvalue weighted by atomic mass is 9.79. The van der Waals surface area contributed by atoms with Crippen LogP contribution < -0.4 is 14.4 Å². The predicted molar refractivity (Wildman–Crippen MR) is 93.2 cm³/mol. The monoisotopic (exact) mass is 375 g/mol. The maximum atomic E-state index is 12.5. The number of hydrogen-bond donors (Lipinski definition) is 1. The Morgan fingerprint density at radius 1 is 1.19 bits per heavy atom. The molecule has 1 aliphatic heterocycles. The van der Waals surface area contributed by atoms with Gasteiger partial charge in [-0.1, -0.05) is 18.2 Å². The molecule has 0 spiro atoms. The van der Waals surface area contributed by atoms with Crippen molar-refractivity contribution >= 4 is 11.6 Å². The van der Waals surface area contributed by atoms with E-state index in [1.807, 2.05) is 31.1 Å². The number of nitriles is 1. The number of nitrogens with zero attached hydrogens (tertiary/aromatic N) is 2. The number of nitrogens with one attached hydrogen (secondary N) is 1. The van der Waals surface area contributed by atoms with Gasteiger partial charge in [0.25, 0.3) is 0 Å². The molecule has 0 bridgehead atoms. The molecule has 8 heteroatoms. The molecule has 2 aromatic rings. The standard InChI is InChI=1S/C19H16F3N3O2/c1-25(2)12-6-7-14-16(9-12)26-18(24)15(10-23)17(14)11-4-3-5-13(8-11)27-19(20,21)22/h3-9,15,17,24H,1-2H3. The number of rotatable bonds is 3. The van der Waals surface area contributed by atoms with Gasteiger partial charge < -0.3 is 14.4 Å². The molecule has 2 aromatic carbocycles. The van der Waals surface area contributed by atoms with E-state index >= 15 is 0 Å². The number of anilines is 1. The largest absolute Gasteiger partial charge is 0.573 e. The van der Waals surface area contributed by atoms with Crippen LogP contribution in [-0.2, 0) is 0 Å². The molecule has 0 aromatic heterocycles. The molecule has 0 radical (unpaired) electrons. The third kappa shape index (κ3) is 3.82. The van der Waals surface area contributed by atoms with Crippen LogP contribution >= 0.6 is 0 Å². The molecule has 0 saturated heterocycles. The Labute approximate surface area is 154 Å². The van der Waals surface area contributed by atoms with Gasteiger partial charge >= 0.3 is 6.36 Å². The highest BCUT2D eigenvalue weighted by molar-refractivity contribution is 5.85. The molecule has 27 heavy (non-hydrogen) atoms. The number of fused-ring (bicyclic) bond motifs is 1. The van der Waals surface area contributed by atoms with Crippen LogP contribution in [0.5, 0.6) is 11.5 Å². The summed E-state index contributed by atoms with van der Waals surface area (Å²) in [4.78, 5) is 1.86. The van der Waals surface area contributed by atoms with Crippen molar-refractivity contribution in [3.8, 4) is 17.6 Å². The van der Waals surface area contributed by atoms with Crippen molar-refractivity contribution in [2.24, 2.45) is 5.92 Å². The second-order valence-corrected chi connectivity index (χ2v) is 6.29. The Morgan fingerprint density at radius 3 is 2.56 bits per heavy atom. The fourth-order valence-electron chi connectivity index (χ4n) is 3.07. The molecule has 0 saturated carbocycles. The highest BCUT2D eigenvalue weighted by Gasteiger charge is 2.38. The molecule has 2 unspecified atom stereocenters. The zero-order valence-electron chi connectivity index (χ0n) is 14.5. The summed E-state index contributed by atoms with van der Waals surface area (Å²) in [5.74, 6) is -1.80. The average Bonchev–Trinajstić information content (AvgIpc) is 2.58. The number of hydrogen-bond acceptors (Lipinski definition) is 5.